The van der Waals surface area contributed by atoms with Gasteiger partial charge in [0, 0.05) is 0 Å². The zero-order valence-electron chi connectivity index (χ0n) is 10.3. The average molecular weight is 206 g/mol. The van der Waals surface area contributed by atoms with E-state index in [4.69, 9.17) is 4.74 Å². The van der Waals surface area contributed by atoms with Gasteiger partial charge in [0.05, 0.1) is 6.61 Å². The molecule has 0 N–H and O–H groups in total. The quantitative estimate of drug-likeness (QED) is 0.658. The maximum atomic E-state index is 5.77. The molecule has 0 radical (unpaired) electrons. The van der Waals surface area contributed by atoms with Crippen LogP contribution in [-0.2, 0) is 0 Å². The molecule has 0 spiro atoms. The van der Waals surface area contributed by atoms with Gasteiger partial charge in [0.15, 0.2) is 0 Å². The Kier molecular flexibility index (Phi) is 4.67. The number of hydrogen-bond acceptors (Lipinski definition) is 1. The Morgan fingerprint density at radius 1 is 1.20 bits per heavy atom. The molecule has 15 heavy (non-hydrogen) atoms. The summed E-state index contributed by atoms with van der Waals surface area (Å²) in [7, 11) is 0. The minimum absolute atomic E-state index is 0.771. The highest BCUT2D eigenvalue weighted by Gasteiger charge is 2.01. The van der Waals surface area contributed by atoms with E-state index in [0.717, 1.165) is 24.7 Å². The lowest BCUT2D eigenvalue weighted by Gasteiger charge is -2.11. The summed E-state index contributed by atoms with van der Waals surface area (Å²) in [5, 5.41) is 0. The predicted molar refractivity (Wildman–Crippen MR) is 65.5 cm³/mol. The molecule has 1 aromatic rings. The molecule has 0 heterocycles. The summed E-state index contributed by atoms with van der Waals surface area (Å²) in [6.45, 7) is 9.57. The Morgan fingerprint density at radius 3 is 2.60 bits per heavy atom. The first kappa shape index (κ1) is 12.1. The largest absolute Gasteiger partial charge is 0.493 e. The SMILES string of the molecule is Cc1cccc(OCCCC(C)C)c1C. The van der Waals surface area contributed by atoms with Crippen LogP contribution in [0.15, 0.2) is 18.2 Å². The molecule has 0 unspecified atom stereocenters. The van der Waals surface area contributed by atoms with E-state index >= 15 is 0 Å². The van der Waals surface area contributed by atoms with E-state index in [2.05, 4.69) is 45.9 Å². The van der Waals surface area contributed by atoms with Crippen LogP contribution in [0.4, 0.5) is 0 Å². The van der Waals surface area contributed by atoms with Gasteiger partial charge in [-0.05, 0) is 49.8 Å². The fourth-order valence-corrected chi connectivity index (χ4v) is 1.55. The van der Waals surface area contributed by atoms with E-state index in [1.165, 1.54) is 17.5 Å². The molecule has 1 heteroatoms. The predicted octanol–water partition coefficient (Wildman–Crippen LogP) is 4.12. The van der Waals surface area contributed by atoms with E-state index in [9.17, 15) is 0 Å². The molecule has 0 bridgehead atoms. The fourth-order valence-electron chi connectivity index (χ4n) is 1.55. The molecule has 0 saturated carbocycles. The summed E-state index contributed by atoms with van der Waals surface area (Å²) in [6, 6.07) is 6.23. The zero-order valence-corrected chi connectivity index (χ0v) is 10.3. The van der Waals surface area contributed by atoms with Crippen molar-refractivity contribution in [1.82, 2.24) is 0 Å². The Bertz CT molecular complexity index is 302. The zero-order chi connectivity index (χ0) is 11.3. The van der Waals surface area contributed by atoms with Gasteiger partial charge in [-0.25, -0.2) is 0 Å². The Balaban J connectivity index is 2.41. The van der Waals surface area contributed by atoms with Crippen molar-refractivity contribution >= 4 is 0 Å². The number of aryl methyl sites for hydroxylation is 1. The van der Waals surface area contributed by atoms with Crippen molar-refractivity contribution in [1.29, 1.82) is 0 Å². The number of benzene rings is 1. The maximum absolute atomic E-state index is 5.77. The highest BCUT2D eigenvalue weighted by Crippen LogP contribution is 2.20. The summed E-state index contributed by atoms with van der Waals surface area (Å²) in [5.41, 5.74) is 2.57. The van der Waals surface area contributed by atoms with Crippen LogP contribution < -0.4 is 4.74 Å². The molecular formula is C14H22O. The smallest absolute Gasteiger partial charge is 0.122 e. The lowest BCUT2D eigenvalue weighted by atomic mass is 10.1. The molecule has 1 aromatic carbocycles. The van der Waals surface area contributed by atoms with E-state index in [-0.39, 0.29) is 0 Å². The van der Waals surface area contributed by atoms with Crippen LogP contribution in [0.5, 0.6) is 5.75 Å². The van der Waals surface area contributed by atoms with Crippen molar-refractivity contribution in [2.75, 3.05) is 6.61 Å². The highest BCUT2D eigenvalue weighted by molar-refractivity contribution is 5.38. The van der Waals surface area contributed by atoms with Crippen LogP contribution in [0.25, 0.3) is 0 Å². The van der Waals surface area contributed by atoms with Crippen molar-refractivity contribution < 1.29 is 4.74 Å². The van der Waals surface area contributed by atoms with Gasteiger partial charge in [-0.3, -0.25) is 0 Å². The number of hydrogen-bond donors (Lipinski definition) is 0. The van der Waals surface area contributed by atoms with Crippen LogP contribution in [0.1, 0.15) is 37.8 Å². The van der Waals surface area contributed by atoms with Crippen molar-refractivity contribution in [2.45, 2.75) is 40.5 Å². The summed E-state index contributed by atoms with van der Waals surface area (Å²) in [5.74, 6) is 1.81. The van der Waals surface area contributed by atoms with Crippen LogP contribution >= 0.6 is 0 Å². The average Bonchev–Trinajstić information content (AvgIpc) is 2.18. The molecule has 1 rings (SSSR count). The van der Waals surface area contributed by atoms with Gasteiger partial charge in [0.25, 0.3) is 0 Å². The van der Waals surface area contributed by atoms with Gasteiger partial charge in [-0.15, -0.1) is 0 Å². The summed E-state index contributed by atoms with van der Waals surface area (Å²) < 4.78 is 5.77. The monoisotopic (exact) mass is 206 g/mol. The van der Waals surface area contributed by atoms with Crippen LogP contribution in [0.2, 0.25) is 0 Å². The Morgan fingerprint density at radius 2 is 1.93 bits per heavy atom. The van der Waals surface area contributed by atoms with Crippen molar-refractivity contribution in [3.05, 3.63) is 29.3 Å². The first-order valence-corrected chi connectivity index (χ1v) is 5.80. The van der Waals surface area contributed by atoms with Gasteiger partial charge in [0.1, 0.15) is 5.75 Å². The molecular weight excluding hydrogens is 184 g/mol. The van der Waals surface area contributed by atoms with Crippen molar-refractivity contribution in [3.63, 3.8) is 0 Å². The standard InChI is InChI=1S/C14H22O/c1-11(2)7-6-10-15-14-9-5-8-12(3)13(14)4/h5,8-9,11H,6-7,10H2,1-4H3. The normalized spacial score (nSPS) is 10.7. The lowest BCUT2D eigenvalue weighted by Crippen LogP contribution is -2.01. The minimum Gasteiger partial charge on any atom is -0.493 e. The third-order valence-corrected chi connectivity index (χ3v) is 2.74. The van der Waals surface area contributed by atoms with Crippen LogP contribution in [-0.4, -0.2) is 6.61 Å². The summed E-state index contributed by atoms with van der Waals surface area (Å²) in [4.78, 5) is 0. The second-order valence-electron chi connectivity index (χ2n) is 4.58. The molecule has 0 saturated heterocycles. The highest BCUT2D eigenvalue weighted by atomic mass is 16.5. The molecule has 0 atom stereocenters. The minimum atomic E-state index is 0.771. The van der Waals surface area contributed by atoms with E-state index in [0.29, 0.717) is 0 Å². The van der Waals surface area contributed by atoms with Gasteiger partial charge < -0.3 is 4.74 Å². The molecule has 0 aliphatic rings. The van der Waals surface area contributed by atoms with Gasteiger partial charge in [-0.2, -0.15) is 0 Å². The van der Waals surface area contributed by atoms with E-state index in [1.807, 2.05) is 0 Å². The Hall–Kier alpha value is -0.980. The third kappa shape index (κ3) is 3.94. The second kappa shape index (κ2) is 5.79. The lowest BCUT2D eigenvalue weighted by molar-refractivity contribution is 0.296. The van der Waals surface area contributed by atoms with Crippen LogP contribution in [0.3, 0.4) is 0 Å². The molecule has 84 valence electrons. The molecule has 0 aliphatic carbocycles. The van der Waals surface area contributed by atoms with E-state index < -0.39 is 0 Å². The molecule has 0 aromatic heterocycles. The topological polar surface area (TPSA) is 9.23 Å². The molecule has 1 nitrogen and oxygen atoms in total. The molecule has 0 amide bonds. The summed E-state index contributed by atoms with van der Waals surface area (Å²) >= 11 is 0. The molecule has 0 aliphatic heterocycles. The summed E-state index contributed by atoms with van der Waals surface area (Å²) in [6.07, 6.45) is 2.38. The number of rotatable bonds is 5. The van der Waals surface area contributed by atoms with Crippen molar-refractivity contribution in [2.24, 2.45) is 5.92 Å². The Labute approximate surface area is 93.5 Å². The van der Waals surface area contributed by atoms with E-state index in [1.54, 1.807) is 0 Å². The van der Waals surface area contributed by atoms with Gasteiger partial charge >= 0.3 is 0 Å². The second-order valence-corrected chi connectivity index (χ2v) is 4.58. The third-order valence-electron chi connectivity index (χ3n) is 2.74. The fraction of sp³-hybridized carbons (Fsp3) is 0.571. The van der Waals surface area contributed by atoms with Gasteiger partial charge in [0.2, 0.25) is 0 Å². The van der Waals surface area contributed by atoms with Crippen molar-refractivity contribution in [3.8, 4) is 5.75 Å². The first-order valence-electron chi connectivity index (χ1n) is 5.80. The van der Waals surface area contributed by atoms with Crippen LogP contribution in [0, 0.1) is 19.8 Å². The maximum Gasteiger partial charge on any atom is 0.122 e. The molecule has 0 fully saturated rings. The first-order chi connectivity index (χ1) is 7.11. The van der Waals surface area contributed by atoms with Gasteiger partial charge in [-0.1, -0.05) is 26.0 Å². The number of ether oxygens (including phenoxy) is 1.